The molecule has 2 unspecified atom stereocenters. The average Bonchev–Trinajstić information content (AvgIpc) is 3.33. The monoisotopic (exact) mass is 308 g/mol. The highest BCUT2D eigenvalue weighted by Crippen LogP contribution is 2.12. The van der Waals surface area contributed by atoms with Gasteiger partial charge < -0.3 is 34.6 Å². The van der Waals surface area contributed by atoms with Crippen LogP contribution in [0, 0.1) is 0 Å². The molecule has 0 radical (unpaired) electrons. The van der Waals surface area contributed by atoms with Gasteiger partial charge in [0.05, 0.1) is 39.6 Å². The molecule has 0 aromatic rings. The van der Waals surface area contributed by atoms with Crippen LogP contribution in [0.25, 0.3) is 0 Å². The van der Waals surface area contributed by atoms with E-state index >= 15 is 0 Å². The summed E-state index contributed by atoms with van der Waals surface area (Å²) in [5.74, 6) is -0.935. The fourth-order valence-electron chi connectivity index (χ4n) is 0.717. The first-order valence-corrected chi connectivity index (χ1v) is 6.50. The van der Waals surface area contributed by atoms with Gasteiger partial charge in [0.25, 0.3) is 0 Å². The number of rotatable bonds is 7. The molecule has 2 rings (SSSR count). The van der Waals surface area contributed by atoms with Gasteiger partial charge in [-0.05, 0) is 6.92 Å². The number of carboxylic acid groups (broad SMARTS) is 1. The van der Waals surface area contributed by atoms with E-state index < -0.39 is 12.1 Å². The molecule has 0 aromatic heterocycles. The third kappa shape index (κ3) is 15.2. The number of epoxide rings is 2. The van der Waals surface area contributed by atoms with Crippen molar-refractivity contribution in [2.24, 2.45) is 0 Å². The maximum atomic E-state index is 9.60. The standard InChI is InChI=1S/C6H10O3.C4H6O2.C3H8O3/c1(5-3-8-5)7-2-6-4-9-6;1-3(2)4(5)6;4-1-3(6)2-5/h5-6H,1-4H2;1H2,2H3,(H,5,6);3-6H,1-2H2. The first-order chi connectivity index (χ1) is 9.90. The smallest absolute Gasteiger partial charge is 0.330 e. The molecule has 0 bridgehead atoms. The summed E-state index contributed by atoms with van der Waals surface area (Å²) in [5, 5.41) is 31.9. The van der Waals surface area contributed by atoms with E-state index in [0.29, 0.717) is 12.2 Å². The Balaban J connectivity index is 0.000000300. The third-order valence-corrected chi connectivity index (χ3v) is 2.20. The lowest BCUT2D eigenvalue weighted by Crippen LogP contribution is -2.15. The molecule has 2 fully saturated rings. The van der Waals surface area contributed by atoms with Gasteiger partial charge in [-0.1, -0.05) is 6.58 Å². The van der Waals surface area contributed by atoms with Crippen molar-refractivity contribution < 1.29 is 39.4 Å². The second-order valence-corrected chi connectivity index (χ2v) is 4.55. The van der Waals surface area contributed by atoms with Gasteiger partial charge in [-0.3, -0.25) is 0 Å². The summed E-state index contributed by atoms with van der Waals surface area (Å²) in [4.78, 5) is 9.60. The maximum Gasteiger partial charge on any atom is 0.330 e. The summed E-state index contributed by atoms with van der Waals surface area (Å²) in [7, 11) is 0. The molecule has 8 heteroatoms. The van der Waals surface area contributed by atoms with Crippen LogP contribution in [0.5, 0.6) is 0 Å². The van der Waals surface area contributed by atoms with E-state index in [1.165, 1.54) is 6.92 Å². The molecule has 0 saturated carbocycles. The van der Waals surface area contributed by atoms with E-state index in [-0.39, 0.29) is 18.8 Å². The number of carbonyl (C=O) groups is 1. The lowest BCUT2D eigenvalue weighted by molar-refractivity contribution is -0.132. The topological polar surface area (TPSA) is 132 Å². The van der Waals surface area contributed by atoms with E-state index in [1.807, 2.05) is 0 Å². The number of hydrogen-bond donors (Lipinski definition) is 4. The second-order valence-electron chi connectivity index (χ2n) is 4.55. The van der Waals surface area contributed by atoms with E-state index in [0.717, 1.165) is 26.4 Å². The lowest BCUT2D eigenvalue weighted by atomic mass is 10.4. The van der Waals surface area contributed by atoms with Crippen molar-refractivity contribution in [3.05, 3.63) is 12.2 Å². The van der Waals surface area contributed by atoms with E-state index in [9.17, 15) is 4.79 Å². The summed E-state index contributed by atoms with van der Waals surface area (Å²) in [6.07, 6.45) is -0.169. The third-order valence-electron chi connectivity index (χ3n) is 2.20. The zero-order chi connectivity index (χ0) is 16.3. The van der Waals surface area contributed by atoms with Crippen molar-refractivity contribution in [2.45, 2.75) is 25.2 Å². The highest BCUT2D eigenvalue weighted by Gasteiger charge is 2.26. The summed E-state index contributed by atoms with van der Waals surface area (Å²) < 4.78 is 15.1. The molecular weight excluding hydrogens is 284 g/mol. The quantitative estimate of drug-likeness (QED) is 0.340. The van der Waals surface area contributed by atoms with Gasteiger partial charge in [0.2, 0.25) is 0 Å². The predicted octanol–water partition coefficient (Wildman–Crippen LogP) is -1.22. The van der Waals surface area contributed by atoms with Gasteiger partial charge in [0.15, 0.2) is 0 Å². The van der Waals surface area contributed by atoms with Crippen LogP contribution in [-0.4, -0.2) is 84.3 Å². The van der Waals surface area contributed by atoms with Crippen molar-refractivity contribution in [3.63, 3.8) is 0 Å². The Morgan fingerprint density at radius 1 is 1.24 bits per heavy atom. The van der Waals surface area contributed by atoms with E-state index in [1.54, 1.807) is 0 Å². The van der Waals surface area contributed by atoms with Crippen LogP contribution in [0.4, 0.5) is 0 Å². The van der Waals surface area contributed by atoms with Crippen molar-refractivity contribution >= 4 is 5.97 Å². The van der Waals surface area contributed by atoms with Crippen LogP contribution >= 0.6 is 0 Å². The van der Waals surface area contributed by atoms with Crippen molar-refractivity contribution in [3.8, 4) is 0 Å². The summed E-state index contributed by atoms with van der Waals surface area (Å²) in [6, 6.07) is 0. The van der Waals surface area contributed by atoms with Gasteiger partial charge in [-0.25, -0.2) is 4.79 Å². The van der Waals surface area contributed by atoms with Gasteiger partial charge in [-0.15, -0.1) is 0 Å². The zero-order valence-corrected chi connectivity index (χ0v) is 12.1. The SMILES string of the molecule is C(OCC1CO1)C1CO1.C=C(C)C(=O)O.OCC(O)CO. The maximum absolute atomic E-state index is 9.60. The van der Waals surface area contributed by atoms with Gasteiger partial charge in [0.1, 0.15) is 18.3 Å². The molecule has 4 N–H and O–H groups in total. The number of aliphatic hydroxyl groups is 3. The molecule has 2 aliphatic heterocycles. The Hall–Kier alpha value is -1.03. The van der Waals surface area contributed by atoms with Crippen LogP contribution in [0.1, 0.15) is 6.92 Å². The molecule has 2 aliphatic rings. The molecule has 8 nitrogen and oxygen atoms in total. The normalized spacial score (nSPS) is 21.6. The molecule has 0 aliphatic carbocycles. The fourth-order valence-corrected chi connectivity index (χ4v) is 0.717. The molecule has 0 amide bonds. The van der Waals surface area contributed by atoms with Crippen molar-refractivity contribution in [1.82, 2.24) is 0 Å². The summed E-state index contributed by atoms with van der Waals surface area (Å²) in [5.41, 5.74) is 0.176. The van der Waals surface area contributed by atoms with Gasteiger partial charge >= 0.3 is 5.97 Å². The van der Waals surface area contributed by atoms with Crippen molar-refractivity contribution in [1.29, 1.82) is 0 Å². The number of carboxylic acids is 1. The minimum atomic E-state index is -0.954. The Bertz CT molecular complexity index is 271. The largest absolute Gasteiger partial charge is 0.478 e. The van der Waals surface area contributed by atoms with Crippen molar-refractivity contribution in [2.75, 3.05) is 39.6 Å². The Kier molecular flexibility index (Phi) is 11.0. The highest BCUT2D eigenvalue weighted by molar-refractivity contribution is 5.84. The first kappa shape index (κ1) is 20.0. The molecule has 2 atom stereocenters. The van der Waals surface area contributed by atoms with Crippen LogP contribution < -0.4 is 0 Å². The zero-order valence-electron chi connectivity index (χ0n) is 12.1. The molecule has 2 saturated heterocycles. The minimum Gasteiger partial charge on any atom is -0.478 e. The number of ether oxygens (including phenoxy) is 3. The van der Waals surface area contributed by atoms with Crippen LogP contribution in [0.15, 0.2) is 12.2 Å². The van der Waals surface area contributed by atoms with Gasteiger partial charge in [0, 0.05) is 5.57 Å². The van der Waals surface area contributed by atoms with E-state index in [2.05, 4.69) is 6.58 Å². The summed E-state index contributed by atoms with van der Waals surface area (Å²) >= 11 is 0. The Morgan fingerprint density at radius 2 is 1.57 bits per heavy atom. The molecular formula is C13H24O8. The number of hydrogen-bond acceptors (Lipinski definition) is 7. The molecule has 124 valence electrons. The fraction of sp³-hybridized carbons (Fsp3) is 0.769. The number of aliphatic carboxylic acids is 1. The Morgan fingerprint density at radius 3 is 1.71 bits per heavy atom. The van der Waals surface area contributed by atoms with E-state index in [4.69, 9.17) is 34.6 Å². The van der Waals surface area contributed by atoms with Crippen LogP contribution in [-0.2, 0) is 19.0 Å². The lowest BCUT2D eigenvalue weighted by Gasteiger charge is -1.96. The summed E-state index contributed by atoms with van der Waals surface area (Å²) in [6.45, 7) is 7.13. The van der Waals surface area contributed by atoms with Crippen LogP contribution in [0.2, 0.25) is 0 Å². The number of aliphatic hydroxyl groups excluding tert-OH is 3. The Labute approximate surface area is 123 Å². The first-order valence-electron chi connectivity index (χ1n) is 6.50. The van der Waals surface area contributed by atoms with Gasteiger partial charge in [-0.2, -0.15) is 0 Å². The van der Waals surface area contributed by atoms with Crippen LogP contribution in [0.3, 0.4) is 0 Å². The highest BCUT2D eigenvalue weighted by atomic mass is 16.6. The molecule has 0 aromatic carbocycles. The second kappa shape index (κ2) is 11.6. The predicted molar refractivity (Wildman–Crippen MR) is 72.9 cm³/mol. The molecule has 21 heavy (non-hydrogen) atoms. The molecule has 0 spiro atoms. The molecule has 2 heterocycles. The minimum absolute atomic E-state index is 0.176. The average molecular weight is 308 g/mol.